The molecule has 1 heterocycles. The topological polar surface area (TPSA) is 21.3 Å². The van der Waals surface area contributed by atoms with Crippen LogP contribution in [0.5, 0.6) is 5.75 Å². The maximum Gasteiger partial charge on any atom is 0.387 e. The van der Waals surface area contributed by atoms with Crippen molar-refractivity contribution in [1.29, 1.82) is 0 Å². The number of ether oxygens (including phenoxy) is 1. The molecule has 1 aromatic carbocycles. The third kappa shape index (κ3) is 3.73. The van der Waals surface area contributed by atoms with Gasteiger partial charge < -0.3 is 10.1 Å². The molecule has 6 heteroatoms. The highest BCUT2D eigenvalue weighted by Gasteiger charge is 2.15. The van der Waals surface area contributed by atoms with Crippen molar-refractivity contribution in [2.45, 2.75) is 13.0 Å². The summed E-state index contributed by atoms with van der Waals surface area (Å²) in [5.74, 6) is 1.67. The molecule has 0 aliphatic carbocycles. The Kier molecular flexibility index (Phi) is 4.63. The fourth-order valence-corrected chi connectivity index (χ4v) is 3.09. The zero-order valence-electron chi connectivity index (χ0n) is 9.67. The maximum atomic E-state index is 13.4. The standard InChI is InChI=1S/C12H14F3NOS/c13-10-5-9(1-2-11(10)17-12(14)15)16-6-8-3-4-18-7-8/h1-2,5,8,12,16H,3-4,6-7H2. The molecule has 18 heavy (non-hydrogen) atoms. The molecule has 100 valence electrons. The minimum absolute atomic E-state index is 0.424. The number of halogens is 3. The third-order valence-electron chi connectivity index (χ3n) is 2.77. The van der Waals surface area contributed by atoms with E-state index in [4.69, 9.17) is 0 Å². The molecule has 0 amide bonds. The molecule has 0 bridgehead atoms. The fraction of sp³-hybridized carbons (Fsp3) is 0.500. The zero-order valence-corrected chi connectivity index (χ0v) is 10.5. The van der Waals surface area contributed by atoms with Gasteiger partial charge >= 0.3 is 6.61 Å². The number of anilines is 1. The van der Waals surface area contributed by atoms with Gasteiger partial charge in [0, 0.05) is 18.3 Å². The summed E-state index contributed by atoms with van der Waals surface area (Å²) in [4.78, 5) is 0. The molecular formula is C12H14F3NOS. The molecule has 2 nitrogen and oxygen atoms in total. The van der Waals surface area contributed by atoms with Crippen molar-refractivity contribution in [2.75, 3.05) is 23.4 Å². The third-order valence-corrected chi connectivity index (χ3v) is 4.00. The van der Waals surface area contributed by atoms with E-state index in [2.05, 4.69) is 10.1 Å². The van der Waals surface area contributed by atoms with Gasteiger partial charge in [0.25, 0.3) is 0 Å². The summed E-state index contributed by atoms with van der Waals surface area (Å²) in [5, 5.41) is 3.11. The number of alkyl halides is 2. The van der Waals surface area contributed by atoms with Crippen molar-refractivity contribution < 1.29 is 17.9 Å². The highest BCUT2D eigenvalue weighted by molar-refractivity contribution is 7.99. The van der Waals surface area contributed by atoms with E-state index in [0.717, 1.165) is 18.7 Å². The van der Waals surface area contributed by atoms with Crippen LogP contribution in [-0.4, -0.2) is 24.7 Å². The van der Waals surface area contributed by atoms with Crippen LogP contribution in [0.3, 0.4) is 0 Å². The molecule has 1 aromatic rings. The number of benzene rings is 1. The maximum absolute atomic E-state index is 13.4. The number of thioether (sulfide) groups is 1. The van der Waals surface area contributed by atoms with Gasteiger partial charge in [0.2, 0.25) is 0 Å². The van der Waals surface area contributed by atoms with Crippen LogP contribution < -0.4 is 10.1 Å². The summed E-state index contributed by atoms with van der Waals surface area (Å²) in [7, 11) is 0. The lowest BCUT2D eigenvalue weighted by molar-refractivity contribution is -0.0521. The van der Waals surface area contributed by atoms with Gasteiger partial charge in [0.05, 0.1) is 0 Å². The summed E-state index contributed by atoms with van der Waals surface area (Å²) in [6.07, 6.45) is 1.16. The van der Waals surface area contributed by atoms with Crippen molar-refractivity contribution in [1.82, 2.24) is 0 Å². The first-order valence-corrected chi connectivity index (χ1v) is 6.86. The van der Waals surface area contributed by atoms with Crippen LogP contribution in [0.4, 0.5) is 18.9 Å². The predicted molar refractivity (Wildman–Crippen MR) is 67.0 cm³/mol. The van der Waals surface area contributed by atoms with Gasteiger partial charge in [-0.15, -0.1) is 0 Å². The highest BCUT2D eigenvalue weighted by atomic mass is 32.2. The van der Waals surface area contributed by atoms with Crippen molar-refractivity contribution >= 4 is 17.4 Å². The normalized spacial score (nSPS) is 19.2. The lowest BCUT2D eigenvalue weighted by Crippen LogP contribution is -2.13. The van der Waals surface area contributed by atoms with Crippen LogP contribution in [0.2, 0.25) is 0 Å². The average molecular weight is 277 g/mol. The molecule has 2 rings (SSSR count). The Morgan fingerprint density at radius 3 is 2.89 bits per heavy atom. The van der Waals surface area contributed by atoms with E-state index in [0.29, 0.717) is 11.6 Å². The van der Waals surface area contributed by atoms with Gasteiger partial charge in [-0.25, -0.2) is 4.39 Å². The molecular weight excluding hydrogens is 263 g/mol. The van der Waals surface area contributed by atoms with Crippen LogP contribution in [-0.2, 0) is 0 Å². The highest BCUT2D eigenvalue weighted by Crippen LogP contribution is 2.25. The SMILES string of the molecule is Fc1cc(NCC2CCSC2)ccc1OC(F)F. The molecule has 1 N–H and O–H groups in total. The Bertz CT molecular complexity index is 397. The number of nitrogens with one attached hydrogen (secondary N) is 1. The molecule has 0 aromatic heterocycles. The van der Waals surface area contributed by atoms with Gasteiger partial charge in [-0.2, -0.15) is 20.5 Å². The van der Waals surface area contributed by atoms with Gasteiger partial charge in [0.1, 0.15) is 0 Å². The Labute approximate surface area is 108 Å². The van der Waals surface area contributed by atoms with E-state index in [-0.39, 0.29) is 0 Å². The second-order valence-electron chi connectivity index (χ2n) is 4.13. The van der Waals surface area contributed by atoms with Crippen LogP contribution in [0, 0.1) is 11.7 Å². The summed E-state index contributed by atoms with van der Waals surface area (Å²) in [6.45, 7) is -2.23. The fourth-order valence-electron chi connectivity index (χ4n) is 1.81. The summed E-state index contributed by atoms with van der Waals surface area (Å²) < 4.78 is 41.3. The van der Waals surface area contributed by atoms with E-state index in [9.17, 15) is 13.2 Å². The van der Waals surface area contributed by atoms with Crippen molar-refractivity contribution in [3.63, 3.8) is 0 Å². The Morgan fingerprint density at radius 2 is 2.28 bits per heavy atom. The quantitative estimate of drug-likeness (QED) is 0.888. The first kappa shape index (κ1) is 13.4. The molecule has 1 saturated heterocycles. The minimum atomic E-state index is -3.01. The average Bonchev–Trinajstić information content (AvgIpc) is 2.82. The van der Waals surface area contributed by atoms with Crippen LogP contribution in [0.1, 0.15) is 6.42 Å². The van der Waals surface area contributed by atoms with Gasteiger partial charge in [-0.1, -0.05) is 0 Å². The summed E-state index contributed by atoms with van der Waals surface area (Å²) >= 11 is 1.91. The van der Waals surface area contributed by atoms with E-state index in [1.165, 1.54) is 17.9 Å². The van der Waals surface area contributed by atoms with Crippen molar-refractivity contribution in [3.8, 4) is 5.75 Å². The Hall–Kier alpha value is -1.04. The first-order valence-electron chi connectivity index (χ1n) is 5.71. The molecule has 1 aliphatic heterocycles. The van der Waals surface area contributed by atoms with E-state index >= 15 is 0 Å². The molecule has 0 radical (unpaired) electrons. The van der Waals surface area contributed by atoms with Crippen molar-refractivity contribution in [2.24, 2.45) is 5.92 Å². The van der Waals surface area contributed by atoms with E-state index in [1.807, 2.05) is 11.8 Å². The molecule has 1 aliphatic rings. The van der Waals surface area contributed by atoms with Crippen LogP contribution in [0.15, 0.2) is 18.2 Å². The van der Waals surface area contributed by atoms with Gasteiger partial charge in [-0.3, -0.25) is 0 Å². The molecule has 0 spiro atoms. The first-order chi connectivity index (χ1) is 8.65. The lowest BCUT2D eigenvalue weighted by Gasteiger charge is -2.12. The van der Waals surface area contributed by atoms with E-state index < -0.39 is 18.2 Å². The molecule has 1 fully saturated rings. The second kappa shape index (κ2) is 6.22. The minimum Gasteiger partial charge on any atom is -0.432 e. The van der Waals surface area contributed by atoms with Gasteiger partial charge in [0.15, 0.2) is 11.6 Å². The smallest absolute Gasteiger partial charge is 0.387 e. The second-order valence-corrected chi connectivity index (χ2v) is 5.28. The van der Waals surface area contributed by atoms with Crippen LogP contribution in [0.25, 0.3) is 0 Å². The molecule has 1 unspecified atom stereocenters. The number of rotatable bonds is 5. The number of hydrogen-bond acceptors (Lipinski definition) is 3. The lowest BCUT2D eigenvalue weighted by atomic mass is 10.1. The number of hydrogen-bond donors (Lipinski definition) is 1. The summed E-state index contributed by atoms with van der Waals surface area (Å²) in [6, 6.07) is 3.94. The van der Waals surface area contributed by atoms with Crippen LogP contribution >= 0.6 is 11.8 Å². The van der Waals surface area contributed by atoms with E-state index in [1.54, 1.807) is 6.07 Å². The van der Waals surface area contributed by atoms with Crippen molar-refractivity contribution in [3.05, 3.63) is 24.0 Å². The molecule has 1 atom stereocenters. The Morgan fingerprint density at radius 1 is 1.44 bits per heavy atom. The zero-order chi connectivity index (χ0) is 13.0. The molecule has 0 saturated carbocycles. The van der Waals surface area contributed by atoms with Gasteiger partial charge in [-0.05, 0) is 36.0 Å². The summed E-state index contributed by atoms with van der Waals surface area (Å²) in [5.41, 5.74) is 0.589. The predicted octanol–water partition coefficient (Wildman–Crippen LogP) is 3.59. The largest absolute Gasteiger partial charge is 0.432 e. The Balaban J connectivity index is 1.91. The monoisotopic (exact) mass is 277 g/mol.